The molecule has 1 heterocycles. The van der Waals surface area contributed by atoms with Gasteiger partial charge in [-0.05, 0) is 67.9 Å². The first-order chi connectivity index (χ1) is 14.9. The average molecular weight is 429 g/mol. The molecular formula is C25H24N4OS. The first-order valence-corrected chi connectivity index (χ1v) is 10.5. The van der Waals surface area contributed by atoms with Crippen molar-refractivity contribution in [3.8, 4) is 5.88 Å². The van der Waals surface area contributed by atoms with Gasteiger partial charge < -0.3 is 15.0 Å². The molecule has 0 radical (unpaired) electrons. The molecule has 0 bridgehead atoms. The van der Waals surface area contributed by atoms with Gasteiger partial charge in [0, 0.05) is 11.1 Å². The summed E-state index contributed by atoms with van der Waals surface area (Å²) in [5, 5.41) is 23.6. The molecule has 3 aromatic carbocycles. The van der Waals surface area contributed by atoms with Gasteiger partial charge in [0.1, 0.15) is 0 Å². The third-order valence-corrected chi connectivity index (χ3v) is 5.28. The molecule has 0 saturated carbocycles. The Morgan fingerprint density at radius 1 is 0.935 bits per heavy atom. The summed E-state index contributed by atoms with van der Waals surface area (Å²) in [6.07, 6.45) is 0. The molecule has 0 saturated heterocycles. The number of hydrogen-bond donors (Lipinski definition) is 2. The number of para-hydroxylation sites is 1. The zero-order valence-electron chi connectivity index (χ0n) is 17.8. The largest absolute Gasteiger partial charge is 0.493 e. The highest BCUT2D eigenvalue weighted by molar-refractivity contribution is 7.80. The predicted molar refractivity (Wildman–Crippen MR) is 131 cm³/mol. The van der Waals surface area contributed by atoms with E-state index in [-0.39, 0.29) is 11.0 Å². The third-order valence-electron chi connectivity index (χ3n) is 5.09. The molecule has 156 valence electrons. The van der Waals surface area contributed by atoms with Crippen LogP contribution < -0.4 is 5.32 Å². The quantitative estimate of drug-likeness (QED) is 0.277. The number of nitrogens with one attached hydrogen (secondary N) is 1. The average Bonchev–Trinajstić information content (AvgIpc) is 2.98. The van der Waals surface area contributed by atoms with Crippen LogP contribution in [-0.4, -0.2) is 14.8 Å². The lowest BCUT2D eigenvalue weighted by Crippen LogP contribution is -2.05. The Bertz CT molecular complexity index is 1270. The lowest BCUT2D eigenvalue weighted by molar-refractivity contribution is 0.429. The van der Waals surface area contributed by atoms with Crippen LogP contribution in [-0.2, 0) is 6.54 Å². The number of thiocarbonyl (C=S) groups is 1. The molecule has 4 rings (SSSR count). The normalized spacial score (nSPS) is 11.3. The van der Waals surface area contributed by atoms with Gasteiger partial charge in [-0.1, -0.05) is 54.1 Å². The Hall–Kier alpha value is -3.51. The molecule has 0 aliphatic heterocycles. The highest BCUT2D eigenvalue weighted by Crippen LogP contribution is 2.39. The van der Waals surface area contributed by atoms with Gasteiger partial charge in [0.25, 0.3) is 0 Å². The van der Waals surface area contributed by atoms with Crippen LogP contribution >= 0.6 is 12.2 Å². The molecule has 0 unspecified atom stereocenters. The van der Waals surface area contributed by atoms with E-state index in [1.165, 1.54) is 5.56 Å². The SMILES string of the molecule is Cc1ccc(Cn2c(O)c(N=NC(=S)Nc3cc(C)cc(C)c3)c3ccccc32)cc1. The zero-order chi connectivity index (χ0) is 22.0. The zero-order valence-corrected chi connectivity index (χ0v) is 18.6. The predicted octanol–water partition coefficient (Wildman–Crippen LogP) is 6.80. The van der Waals surface area contributed by atoms with Crippen molar-refractivity contribution in [3.63, 3.8) is 0 Å². The van der Waals surface area contributed by atoms with Crippen LogP contribution in [0, 0.1) is 20.8 Å². The lowest BCUT2D eigenvalue weighted by Gasteiger charge is -2.07. The minimum atomic E-state index is 0.0692. The first kappa shape index (κ1) is 20.8. The van der Waals surface area contributed by atoms with Crippen LogP contribution in [0.3, 0.4) is 0 Å². The van der Waals surface area contributed by atoms with Crippen LogP contribution in [0.1, 0.15) is 22.3 Å². The molecule has 31 heavy (non-hydrogen) atoms. The molecule has 0 fully saturated rings. The molecule has 1 aromatic heterocycles. The number of azo groups is 1. The van der Waals surface area contributed by atoms with Crippen molar-refractivity contribution >= 4 is 39.6 Å². The van der Waals surface area contributed by atoms with Crippen LogP contribution in [0.2, 0.25) is 0 Å². The summed E-state index contributed by atoms with van der Waals surface area (Å²) in [7, 11) is 0. The Kier molecular flexibility index (Phi) is 5.82. The summed E-state index contributed by atoms with van der Waals surface area (Å²) in [4.78, 5) is 0. The number of aromatic hydroxyl groups is 1. The van der Waals surface area contributed by atoms with E-state index in [1.54, 1.807) is 0 Å². The number of rotatable bonds is 4. The van der Waals surface area contributed by atoms with Crippen molar-refractivity contribution in [2.75, 3.05) is 5.32 Å². The lowest BCUT2D eigenvalue weighted by atomic mass is 10.1. The number of aromatic nitrogens is 1. The number of anilines is 1. The van der Waals surface area contributed by atoms with E-state index in [0.29, 0.717) is 12.2 Å². The molecule has 0 spiro atoms. The molecule has 2 N–H and O–H groups in total. The highest BCUT2D eigenvalue weighted by atomic mass is 32.1. The Morgan fingerprint density at radius 2 is 1.61 bits per heavy atom. The standard InChI is InChI=1S/C25H24N4OS/c1-16-8-10-19(11-9-16)15-29-22-7-5-4-6-21(22)23(24(29)30)27-28-25(31)26-20-13-17(2)12-18(3)14-20/h4-14,30H,15H2,1-3H3,(H,26,31). The summed E-state index contributed by atoms with van der Waals surface area (Å²) in [6, 6.07) is 22.1. The number of nitrogens with zero attached hydrogens (tertiary/aromatic N) is 3. The van der Waals surface area contributed by atoms with Crippen molar-refractivity contribution in [2.24, 2.45) is 10.2 Å². The van der Waals surface area contributed by atoms with Crippen molar-refractivity contribution in [3.05, 3.63) is 89.0 Å². The molecule has 4 aromatic rings. The van der Waals surface area contributed by atoms with E-state index >= 15 is 0 Å². The summed E-state index contributed by atoms with van der Waals surface area (Å²) >= 11 is 5.35. The maximum atomic E-state index is 10.9. The first-order valence-electron chi connectivity index (χ1n) is 10.1. The van der Waals surface area contributed by atoms with Gasteiger partial charge in [-0.15, -0.1) is 10.2 Å². The third kappa shape index (κ3) is 4.64. The fraction of sp³-hybridized carbons (Fsp3) is 0.160. The second kappa shape index (κ2) is 8.70. The van der Waals surface area contributed by atoms with Gasteiger partial charge in [-0.25, -0.2) is 0 Å². The smallest absolute Gasteiger partial charge is 0.221 e. The minimum Gasteiger partial charge on any atom is -0.493 e. The maximum absolute atomic E-state index is 10.9. The van der Waals surface area contributed by atoms with E-state index in [1.807, 2.05) is 54.8 Å². The summed E-state index contributed by atoms with van der Waals surface area (Å²) < 4.78 is 1.84. The number of fused-ring (bicyclic) bond motifs is 1. The van der Waals surface area contributed by atoms with E-state index in [4.69, 9.17) is 12.2 Å². The minimum absolute atomic E-state index is 0.0692. The molecule has 0 amide bonds. The Morgan fingerprint density at radius 3 is 2.32 bits per heavy atom. The van der Waals surface area contributed by atoms with Gasteiger partial charge in [-0.3, -0.25) is 0 Å². The molecule has 5 nitrogen and oxygen atoms in total. The van der Waals surface area contributed by atoms with Gasteiger partial charge in [0.15, 0.2) is 5.69 Å². The van der Waals surface area contributed by atoms with Crippen molar-refractivity contribution in [2.45, 2.75) is 27.3 Å². The van der Waals surface area contributed by atoms with Gasteiger partial charge in [-0.2, -0.15) is 0 Å². The Labute approximate surface area is 187 Å². The summed E-state index contributed by atoms with van der Waals surface area (Å²) in [5.41, 5.74) is 6.74. The van der Waals surface area contributed by atoms with E-state index in [2.05, 4.69) is 52.8 Å². The van der Waals surface area contributed by atoms with Gasteiger partial charge in [0.05, 0.1) is 12.1 Å². The van der Waals surface area contributed by atoms with Crippen molar-refractivity contribution < 1.29 is 5.11 Å². The topological polar surface area (TPSA) is 61.9 Å². The van der Waals surface area contributed by atoms with Crippen LogP contribution in [0.25, 0.3) is 10.9 Å². The molecular weight excluding hydrogens is 404 g/mol. The molecule has 0 atom stereocenters. The van der Waals surface area contributed by atoms with Crippen molar-refractivity contribution in [1.82, 2.24) is 4.57 Å². The van der Waals surface area contributed by atoms with Crippen LogP contribution in [0.4, 0.5) is 11.4 Å². The molecule has 0 aliphatic rings. The number of benzene rings is 3. The fourth-order valence-electron chi connectivity index (χ4n) is 3.70. The summed E-state index contributed by atoms with van der Waals surface area (Å²) in [5.74, 6) is 0.0692. The van der Waals surface area contributed by atoms with Gasteiger partial charge in [0.2, 0.25) is 11.0 Å². The van der Waals surface area contributed by atoms with E-state index < -0.39 is 0 Å². The monoisotopic (exact) mass is 428 g/mol. The summed E-state index contributed by atoms with van der Waals surface area (Å²) in [6.45, 7) is 6.65. The van der Waals surface area contributed by atoms with Crippen molar-refractivity contribution in [1.29, 1.82) is 0 Å². The second-order valence-electron chi connectivity index (χ2n) is 7.77. The number of aryl methyl sites for hydroxylation is 3. The Balaban J connectivity index is 1.63. The molecule has 6 heteroatoms. The van der Waals surface area contributed by atoms with E-state index in [9.17, 15) is 5.11 Å². The van der Waals surface area contributed by atoms with Gasteiger partial charge >= 0.3 is 0 Å². The fourth-order valence-corrected chi connectivity index (χ4v) is 3.86. The highest BCUT2D eigenvalue weighted by Gasteiger charge is 2.16. The van der Waals surface area contributed by atoms with Crippen LogP contribution in [0.15, 0.2) is 77.0 Å². The van der Waals surface area contributed by atoms with E-state index in [0.717, 1.165) is 33.3 Å². The second-order valence-corrected chi connectivity index (χ2v) is 8.15. The number of hydrogen-bond acceptors (Lipinski definition) is 3. The molecule has 0 aliphatic carbocycles. The van der Waals surface area contributed by atoms with Crippen LogP contribution in [0.5, 0.6) is 5.88 Å². The maximum Gasteiger partial charge on any atom is 0.221 e.